The maximum atomic E-state index is 11.2. The van der Waals surface area contributed by atoms with E-state index in [2.05, 4.69) is 5.32 Å². The Bertz CT molecular complexity index is 646. The number of rotatable bonds is 3. The number of hydrogen-bond donors (Lipinski definition) is 3. The van der Waals surface area contributed by atoms with Crippen LogP contribution in [0.5, 0.6) is 0 Å². The first kappa shape index (κ1) is 13.1. The van der Waals surface area contributed by atoms with Gasteiger partial charge < -0.3 is 16.2 Å². The highest BCUT2D eigenvalue weighted by molar-refractivity contribution is 6.04. The van der Waals surface area contributed by atoms with E-state index in [1.54, 1.807) is 6.07 Å². The summed E-state index contributed by atoms with van der Waals surface area (Å²) in [7, 11) is 0. The molecular formula is C13H15N3O3. The van der Waals surface area contributed by atoms with E-state index in [4.69, 9.17) is 10.8 Å². The van der Waals surface area contributed by atoms with Gasteiger partial charge in [-0.15, -0.1) is 0 Å². The van der Waals surface area contributed by atoms with Crippen molar-refractivity contribution >= 4 is 28.6 Å². The lowest BCUT2D eigenvalue weighted by Crippen LogP contribution is -2.07. The number of hydrogen-bond acceptors (Lipinski definition) is 3. The zero-order valence-corrected chi connectivity index (χ0v) is 10.5. The van der Waals surface area contributed by atoms with Gasteiger partial charge in [0.1, 0.15) is 0 Å². The molecule has 0 aliphatic rings. The lowest BCUT2D eigenvalue weighted by atomic mass is 10.1. The number of aromatic nitrogens is 1. The molecule has 1 amide bonds. The number of carbonyl (C=O) groups is 2. The van der Waals surface area contributed by atoms with Gasteiger partial charge in [-0.3, -0.25) is 9.36 Å². The summed E-state index contributed by atoms with van der Waals surface area (Å²) < 4.78 is 1.09. The van der Waals surface area contributed by atoms with Crippen LogP contribution in [0.25, 0.3) is 10.9 Å². The Kier molecular flexibility index (Phi) is 3.52. The zero-order valence-electron chi connectivity index (χ0n) is 10.5. The Balaban J connectivity index is 2.61. The highest BCUT2D eigenvalue weighted by Gasteiger charge is 2.13. The first-order chi connectivity index (χ1) is 9.02. The first-order valence-corrected chi connectivity index (χ1v) is 5.88. The number of nitrogens with zero attached hydrogens (tertiary/aromatic N) is 1. The summed E-state index contributed by atoms with van der Waals surface area (Å²) in [5, 5.41) is 12.5. The monoisotopic (exact) mass is 261 g/mol. The highest BCUT2D eigenvalue weighted by atomic mass is 16.4. The van der Waals surface area contributed by atoms with E-state index < -0.39 is 6.09 Å². The fourth-order valence-electron chi connectivity index (χ4n) is 2.05. The lowest BCUT2D eigenvalue weighted by molar-refractivity contribution is -0.114. The summed E-state index contributed by atoms with van der Waals surface area (Å²) in [4.78, 5) is 22.3. The number of carboxylic acid groups (broad SMARTS) is 1. The highest BCUT2D eigenvalue weighted by Crippen LogP contribution is 2.27. The van der Waals surface area contributed by atoms with Crippen molar-refractivity contribution in [2.24, 2.45) is 5.73 Å². The maximum Gasteiger partial charge on any atom is 0.416 e. The van der Waals surface area contributed by atoms with Crippen molar-refractivity contribution in [2.75, 3.05) is 11.9 Å². The fourth-order valence-corrected chi connectivity index (χ4v) is 2.05. The topological polar surface area (TPSA) is 97.3 Å². The SMILES string of the molecule is CC(=O)Nc1cn(C(=O)O)c2ccc(CCN)cc12. The molecule has 1 heterocycles. The smallest absolute Gasteiger partial charge is 0.416 e. The molecule has 2 rings (SSSR count). The minimum absolute atomic E-state index is 0.242. The Morgan fingerprint density at radius 3 is 2.74 bits per heavy atom. The molecule has 1 aromatic heterocycles. The molecule has 0 aliphatic heterocycles. The maximum absolute atomic E-state index is 11.2. The van der Waals surface area contributed by atoms with Crippen LogP contribution in [0, 0.1) is 0 Å². The Labute approximate surface area is 109 Å². The summed E-state index contributed by atoms with van der Waals surface area (Å²) in [6.45, 7) is 1.90. The van der Waals surface area contributed by atoms with Crippen LogP contribution in [0.15, 0.2) is 24.4 Å². The summed E-state index contributed by atoms with van der Waals surface area (Å²) in [6, 6.07) is 5.42. The molecule has 0 spiro atoms. The number of anilines is 1. The molecule has 6 heteroatoms. The van der Waals surface area contributed by atoms with Gasteiger partial charge in [-0.25, -0.2) is 4.79 Å². The number of nitrogens with one attached hydrogen (secondary N) is 1. The van der Waals surface area contributed by atoms with Crippen LogP contribution >= 0.6 is 0 Å². The van der Waals surface area contributed by atoms with Gasteiger partial charge in [-0.05, 0) is 30.7 Å². The van der Waals surface area contributed by atoms with Crippen molar-refractivity contribution in [1.29, 1.82) is 0 Å². The summed E-state index contributed by atoms with van der Waals surface area (Å²) in [5.74, 6) is -0.242. The van der Waals surface area contributed by atoms with Crippen LogP contribution in [0.3, 0.4) is 0 Å². The third-order valence-corrected chi connectivity index (χ3v) is 2.82. The van der Waals surface area contributed by atoms with Gasteiger partial charge in [0.2, 0.25) is 5.91 Å². The Morgan fingerprint density at radius 2 is 2.16 bits per heavy atom. The number of amides is 1. The van der Waals surface area contributed by atoms with E-state index in [9.17, 15) is 9.59 Å². The third kappa shape index (κ3) is 2.58. The van der Waals surface area contributed by atoms with E-state index in [0.29, 0.717) is 29.6 Å². The molecule has 0 aliphatic carbocycles. The molecule has 0 bridgehead atoms. The van der Waals surface area contributed by atoms with Gasteiger partial charge in [0.25, 0.3) is 0 Å². The molecule has 0 atom stereocenters. The summed E-state index contributed by atoms with van der Waals surface area (Å²) in [5.41, 5.74) is 7.54. The van der Waals surface area contributed by atoms with Gasteiger partial charge in [-0.1, -0.05) is 6.07 Å². The van der Waals surface area contributed by atoms with Crippen molar-refractivity contribution in [3.63, 3.8) is 0 Å². The molecule has 0 radical (unpaired) electrons. The summed E-state index contributed by atoms with van der Waals surface area (Å²) >= 11 is 0. The number of fused-ring (bicyclic) bond motifs is 1. The molecule has 0 saturated heterocycles. The van der Waals surface area contributed by atoms with Gasteiger partial charge in [-0.2, -0.15) is 0 Å². The van der Waals surface area contributed by atoms with Crippen molar-refractivity contribution in [2.45, 2.75) is 13.3 Å². The van der Waals surface area contributed by atoms with Gasteiger partial charge >= 0.3 is 6.09 Å². The molecular weight excluding hydrogens is 246 g/mol. The van der Waals surface area contributed by atoms with Crippen LogP contribution in [0.2, 0.25) is 0 Å². The summed E-state index contributed by atoms with van der Waals surface area (Å²) in [6.07, 6.45) is 1.02. The van der Waals surface area contributed by atoms with Gasteiger partial charge in [0.15, 0.2) is 0 Å². The molecule has 0 fully saturated rings. The predicted octanol–water partition coefficient (Wildman–Crippen LogP) is 1.63. The lowest BCUT2D eigenvalue weighted by Gasteiger charge is -2.02. The Hall–Kier alpha value is -2.34. The van der Waals surface area contributed by atoms with Crippen molar-refractivity contribution in [3.8, 4) is 0 Å². The number of carbonyl (C=O) groups excluding carboxylic acids is 1. The second-order valence-electron chi connectivity index (χ2n) is 4.27. The normalized spacial score (nSPS) is 10.6. The minimum Gasteiger partial charge on any atom is -0.464 e. The molecule has 6 nitrogen and oxygen atoms in total. The van der Waals surface area contributed by atoms with Crippen molar-refractivity contribution in [1.82, 2.24) is 4.57 Å². The molecule has 19 heavy (non-hydrogen) atoms. The predicted molar refractivity (Wildman–Crippen MR) is 72.4 cm³/mol. The quantitative estimate of drug-likeness (QED) is 0.782. The molecule has 0 unspecified atom stereocenters. The van der Waals surface area contributed by atoms with Crippen LogP contribution in [-0.2, 0) is 11.2 Å². The number of nitrogens with two attached hydrogens (primary N) is 1. The molecule has 1 aromatic carbocycles. The third-order valence-electron chi connectivity index (χ3n) is 2.82. The minimum atomic E-state index is -1.09. The van der Waals surface area contributed by atoms with Crippen molar-refractivity contribution in [3.05, 3.63) is 30.0 Å². The average Bonchev–Trinajstić information content (AvgIpc) is 2.68. The van der Waals surface area contributed by atoms with Crippen LogP contribution in [-0.4, -0.2) is 28.2 Å². The molecule has 100 valence electrons. The second-order valence-corrected chi connectivity index (χ2v) is 4.27. The van der Waals surface area contributed by atoms with Gasteiger partial charge in [0.05, 0.1) is 11.2 Å². The van der Waals surface area contributed by atoms with E-state index in [1.807, 2.05) is 12.1 Å². The fraction of sp³-hybridized carbons (Fsp3) is 0.231. The van der Waals surface area contributed by atoms with E-state index >= 15 is 0 Å². The van der Waals surface area contributed by atoms with Gasteiger partial charge in [0, 0.05) is 18.5 Å². The zero-order chi connectivity index (χ0) is 14.0. The number of benzene rings is 1. The van der Waals surface area contributed by atoms with Crippen LogP contribution < -0.4 is 11.1 Å². The standard InChI is InChI=1S/C13H15N3O3/c1-8(17)15-11-7-16(13(18)19)12-3-2-9(4-5-14)6-10(11)12/h2-3,6-7H,4-5,14H2,1H3,(H,15,17)(H,18,19). The Morgan fingerprint density at radius 1 is 1.42 bits per heavy atom. The largest absolute Gasteiger partial charge is 0.464 e. The van der Waals surface area contributed by atoms with Crippen LogP contribution in [0.1, 0.15) is 12.5 Å². The van der Waals surface area contributed by atoms with E-state index in [0.717, 1.165) is 10.1 Å². The molecule has 2 aromatic rings. The first-order valence-electron chi connectivity index (χ1n) is 5.88. The van der Waals surface area contributed by atoms with E-state index in [1.165, 1.54) is 13.1 Å². The second kappa shape index (κ2) is 5.11. The molecule has 0 saturated carbocycles. The van der Waals surface area contributed by atoms with Crippen molar-refractivity contribution < 1.29 is 14.7 Å². The van der Waals surface area contributed by atoms with Crippen LogP contribution in [0.4, 0.5) is 10.5 Å². The van der Waals surface area contributed by atoms with E-state index in [-0.39, 0.29) is 5.91 Å². The average molecular weight is 261 g/mol. The molecule has 4 N–H and O–H groups in total.